The molecule has 0 saturated carbocycles. The zero-order chi connectivity index (χ0) is 15.5. The molecular formula is C16H17ClN4O. The molecule has 0 atom stereocenters. The fraction of sp³-hybridized carbons (Fsp3) is 0.250. The van der Waals surface area contributed by atoms with Crippen LogP contribution in [0, 0.1) is 0 Å². The summed E-state index contributed by atoms with van der Waals surface area (Å²) >= 11 is 5.97. The molecule has 0 spiro atoms. The molecule has 0 fully saturated rings. The van der Waals surface area contributed by atoms with Gasteiger partial charge in [0.1, 0.15) is 11.3 Å². The molecule has 0 radical (unpaired) electrons. The second-order valence-electron chi connectivity index (χ2n) is 5.01. The molecule has 0 bridgehead atoms. The number of ether oxygens (including phenoxy) is 1. The number of imidazole rings is 1. The van der Waals surface area contributed by atoms with Crippen LogP contribution < -0.4 is 4.90 Å². The Kier molecular flexibility index (Phi) is 4.27. The van der Waals surface area contributed by atoms with E-state index in [0.29, 0.717) is 11.6 Å². The van der Waals surface area contributed by atoms with Gasteiger partial charge in [0.25, 0.3) is 0 Å². The van der Waals surface area contributed by atoms with Crippen molar-refractivity contribution >= 4 is 22.9 Å². The van der Waals surface area contributed by atoms with Crippen molar-refractivity contribution in [3.63, 3.8) is 0 Å². The van der Waals surface area contributed by atoms with Gasteiger partial charge in [-0.2, -0.15) is 0 Å². The van der Waals surface area contributed by atoms with E-state index in [4.69, 9.17) is 21.3 Å². The number of anilines is 1. The van der Waals surface area contributed by atoms with Gasteiger partial charge in [0, 0.05) is 43.7 Å². The highest BCUT2D eigenvalue weighted by Crippen LogP contribution is 2.27. The molecule has 3 rings (SSSR count). The maximum absolute atomic E-state index is 5.97. The van der Waals surface area contributed by atoms with Crippen molar-refractivity contribution in [3.05, 3.63) is 47.9 Å². The molecule has 6 heteroatoms. The quantitative estimate of drug-likeness (QED) is 0.725. The largest absolute Gasteiger partial charge is 0.383 e. The van der Waals surface area contributed by atoms with Gasteiger partial charge < -0.3 is 9.64 Å². The van der Waals surface area contributed by atoms with Gasteiger partial charge in [0.15, 0.2) is 5.82 Å². The predicted molar refractivity (Wildman–Crippen MR) is 88.6 cm³/mol. The SMILES string of the molecule is COCCN(C)c1nc(-c2ccc(Cl)cc2)n2ccncc12. The van der Waals surface area contributed by atoms with Crippen LogP contribution in [-0.4, -0.2) is 41.7 Å². The van der Waals surface area contributed by atoms with Gasteiger partial charge in [-0.15, -0.1) is 0 Å². The average molecular weight is 317 g/mol. The van der Waals surface area contributed by atoms with E-state index in [1.165, 1.54) is 0 Å². The number of aromatic nitrogens is 3. The minimum Gasteiger partial charge on any atom is -0.383 e. The number of rotatable bonds is 5. The van der Waals surface area contributed by atoms with Crippen molar-refractivity contribution in [3.8, 4) is 11.4 Å². The van der Waals surface area contributed by atoms with Gasteiger partial charge >= 0.3 is 0 Å². The van der Waals surface area contributed by atoms with Gasteiger partial charge in [0.05, 0.1) is 12.8 Å². The van der Waals surface area contributed by atoms with Crippen LogP contribution in [0.15, 0.2) is 42.9 Å². The Morgan fingerprint density at radius 2 is 2.05 bits per heavy atom. The molecule has 0 amide bonds. The molecule has 0 aliphatic rings. The summed E-state index contributed by atoms with van der Waals surface area (Å²) in [5.74, 6) is 1.75. The van der Waals surface area contributed by atoms with Gasteiger partial charge in [-0.25, -0.2) is 4.98 Å². The van der Waals surface area contributed by atoms with E-state index in [1.54, 1.807) is 13.3 Å². The number of nitrogens with zero attached hydrogens (tertiary/aromatic N) is 4. The minimum absolute atomic E-state index is 0.645. The predicted octanol–water partition coefficient (Wildman–Crippen LogP) is 3.13. The van der Waals surface area contributed by atoms with Crippen LogP contribution in [0.4, 0.5) is 5.82 Å². The fourth-order valence-corrected chi connectivity index (χ4v) is 2.47. The molecular weight excluding hydrogens is 300 g/mol. The number of halogens is 1. The van der Waals surface area contributed by atoms with E-state index in [0.717, 1.165) is 29.3 Å². The number of likely N-dealkylation sites (N-methyl/N-ethyl adjacent to an activating group) is 1. The molecule has 114 valence electrons. The summed E-state index contributed by atoms with van der Waals surface area (Å²) < 4.78 is 7.18. The van der Waals surface area contributed by atoms with Crippen LogP contribution in [0.25, 0.3) is 16.9 Å². The van der Waals surface area contributed by atoms with Crippen molar-refractivity contribution < 1.29 is 4.74 Å². The minimum atomic E-state index is 0.645. The smallest absolute Gasteiger partial charge is 0.156 e. The zero-order valence-electron chi connectivity index (χ0n) is 12.5. The summed E-state index contributed by atoms with van der Waals surface area (Å²) in [4.78, 5) is 11.1. The lowest BCUT2D eigenvalue weighted by molar-refractivity contribution is 0.206. The molecule has 3 aromatic rings. The Hall–Kier alpha value is -2.11. The van der Waals surface area contributed by atoms with Crippen molar-refractivity contribution in [2.75, 3.05) is 32.2 Å². The molecule has 0 N–H and O–H groups in total. The summed E-state index contributed by atoms with van der Waals surface area (Å²) in [7, 11) is 3.69. The molecule has 1 aromatic carbocycles. The Morgan fingerprint density at radius 3 is 2.77 bits per heavy atom. The van der Waals surface area contributed by atoms with Crippen LogP contribution in [-0.2, 0) is 4.74 Å². The highest BCUT2D eigenvalue weighted by atomic mass is 35.5. The second kappa shape index (κ2) is 6.34. The standard InChI is InChI=1S/C16H17ClN4O/c1-20(9-10-22-2)16-14-11-18-7-8-21(14)15(19-16)12-3-5-13(17)6-4-12/h3-8,11H,9-10H2,1-2H3. The highest BCUT2D eigenvalue weighted by Gasteiger charge is 2.15. The number of hydrogen-bond acceptors (Lipinski definition) is 4. The van der Waals surface area contributed by atoms with Crippen LogP contribution in [0.1, 0.15) is 0 Å². The maximum Gasteiger partial charge on any atom is 0.156 e. The van der Waals surface area contributed by atoms with Crippen LogP contribution in [0.3, 0.4) is 0 Å². The van der Waals surface area contributed by atoms with Crippen molar-refractivity contribution in [2.45, 2.75) is 0 Å². The molecule has 22 heavy (non-hydrogen) atoms. The number of fused-ring (bicyclic) bond motifs is 1. The number of hydrogen-bond donors (Lipinski definition) is 0. The second-order valence-corrected chi connectivity index (χ2v) is 5.45. The Bertz CT molecular complexity index is 769. The third kappa shape index (κ3) is 2.77. The molecule has 0 aliphatic heterocycles. The molecule has 5 nitrogen and oxygen atoms in total. The molecule has 2 heterocycles. The summed E-state index contributed by atoms with van der Waals surface area (Å²) in [6.07, 6.45) is 5.50. The first-order chi connectivity index (χ1) is 10.7. The van der Waals surface area contributed by atoms with Gasteiger partial charge in [-0.05, 0) is 24.3 Å². The summed E-state index contributed by atoms with van der Waals surface area (Å²) in [6.45, 7) is 1.41. The molecule has 2 aromatic heterocycles. The van der Waals surface area contributed by atoms with Gasteiger partial charge in [-0.1, -0.05) is 11.6 Å². The zero-order valence-corrected chi connectivity index (χ0v) is 13.3. The molecule has 0 aliphatic carbocycles. The monoisotopic (exact) mass is 316 g/mol. The Morgan fingerprint density at radius 1 is 1.27 bits per heavy atom. The van der Waals surface area contributed by atoms with E-state index >= 15 is 0 Å². The van der Waals surface area contributed by atoms with Crippen LogP contribution in [0.2, 0.25) is 5.02 Å². The van der Waals surface area contributed by atoms with Crippen molar-refractivity contribution in [1.29, 1.82) is 0 Å². The van der Waals surface area contributed by atoms with E-state index in [9.17, 15) is 0 Å². The Labute approximate surface area is 134 Å². The van der Waals surface area contributed by atoms with Gasteiger partial charge in [-0.3, -0.25) is 9.38 Å². The Balaban J connectivity index is 2.09. The first-order valence-corrected chi connectivity index (χ1v) is 7.36. The summed E-state index contributed by atoms with van der Waals surface area (Å²) in [5.41, 5.74) is 1.98. The maximum atomic E-state index is 5.97. The van der Waals surface area contributed by atoms with E-state index < -0.39 is 0 Å². The van der Waals surface area contributed by atoms with Crippen LogP contribution >= 0.6 is 11.6 Å². The topological polar surface area (TPSA) is 42.7 Å². The van der Waals surface area contributed by atoms with Gasteiger partial charge in [0.2, 0.25) is 0 Å². The van der Waals surface area contributed by atoms with Crippen LogP contribution in [0.5, 0.6) is 0 Å². The van der Waals surface area contributed by atoms with Crippen molar-refractivity contribution in [1.82, 2.24) is 14.4 Å². The fourth-order valence-electron chi connectivity index (χ4n) is 2.34. The van der Waals surface area contributed by atoms with Crippen molar-refractivity contribution in [2.24, 2.45) is 0 Å². The first-order valence-electron chi connectivity index (χ1n) is 6.99. The van der Waals surface area contributed by atoms with E-state index in [2.05, 4.69) is 9.88 Å². The summed E-state index contributed by atoms with van der Waals surface area (Å²) in [6, 6.07) is 7.67. The highest BCUT2D eigenvalue weighted by molar-refractivity contribution is 6.30. The number of benzene rings is 1. The van der Waals surface area contributed by atoms with E-state index in [-0.39, 0.29) is 0 Å². The lowest BCUT2D eigenvalue weighted by Crippen LogP contribution is -2.22. The van der Waals surface area contributed by atoms with E-state index in [1.807, 2.05) is 48.1 Å². The number of methoxy groups -OCH3 is 1. The first kappa shape index (κ1) is 14.8. The molecule has 0 saturated heterocycles. The lowest BCUT2D eigenvalue weighted by Gasteiger charge is -2.15. The third-order valence-corrected chi connectivity index (χ3v) is 3.77. The average Bonchev–Trinajstić information content (AvgIpc) is 2.93. The lowest BCUT2D eigenvalue weighted by atomic mass is 10.2. The third-order valence-electron chi connectivity index (χ3n) is 3.52. The normalized spacial score (nSPS) is 11.0. The summed E-state index contributed by atoms with van der Waals surface area (Å²) in [5, 5.41) is 0.712. The molecule has 0 unspecified atom stereocenters.